The number of halogens is 1. The highest BCUT2D eigenvalue weighted by Gasteiger charge is 2.26. The van der Waals surface area contributed by atoms with Crippen molar-refractivity contribution >= 4 is 29.2 Å². The topological polar surface area (TPSA) is 32.3 Å². The second kappa shape index (κ2) is 5.85. The van der Waals surface area contributed by atoms with Crippen LogP contribution in [0.15, 0.2) is 6.07 Å². The highest BCUT2D eigenvalue weighted by molar-refractivity contribution is 7.99. The summed E-state index contributed by atoms with van der Waals surface area (Å²) in [7, 11) is 0. The largest absolute Gasteiger partial charge is 0.354 e. The quantitative estimate of drug-likeness (QED) is 0.781. The summed E-state index contributed by atoms with van der Waals surface area (Å²) in [5.74, 6) is 4.35. The average Bonchev–Trinajstić information content (AvgIpc) is 2.91. The molecule has 0 radical (unpaired) electrons. The highest BCUT2D eigenvalue weighted by Crippen LogP contribution is 2.24. The lowest BCUT2D eigenvalue weighted by Crippen LogP contribution is -2.50. The molecule has 2 aliphatic rings. The standard InChI is InChI=1S/C13H19ClN4S/c1-10-15-12(14)8-13(16-10)18-5-3-17(4-6-18)11-2-7-19-9-11/h8,11H,2-7,9H2,1H3/t11-/m1/s1. The van der Waals surface area contributed by atoms with Crippen LogP contribution in [0.4, 0.5) is 5.82 Å². The molecule has 0 N–H and O–H groups in total. The number of rotatable bonds is 2. The van der Waals surface area contributed by atoms with Gasteiger partial charge in [0.15, 0.2) is 0 Å². The number of aromatic nitrogens is 2. The minimum atomic E-state index is 0.539. The van der Waals surface area contributed by atoms with Gasteiger partial charge in [0.1, 0.15) is 16.8 Å². The number of anilines is 1. The van der Waals surface area contributed by atoms with E-state index in [1.807, 2.05) is 13.0 Å². The predicted molar refractivity (Wildman–Crippen MR) is 81.3 cm³/mol. The van der Waals surface area contributed by atoms with E-state index in [-0.39, 0.29) is 0 Å². The van der Waals surface area contributed by atoms with Crippen LogP contribution in [0.25, 0.3) is 0 Å². The maximum Gasteiger partial charge on any atom is 0.134 e. The van der Waals surface area contributed by atoms with E-state index in [1.165, 1.54) is 17.9 Å². The maximum absolute atomic E-state index is 6.01. The predicted octanol–water partition coefficient (Wildman–Crippen LogP) is 2.07. The van der Waals surface area contributed by atoms with Crippen LogP contribution in [0, 0.1) is 6.92 Å². The summed E-state index contributed by atoms with van der Waals surface area (Å²) in [6.07, 6.45) is 1.35. The van der Waals surface area contributed by atoms with Crippen LogP contribution >= 0.6 is 23.4 Å². The fourth-order valence-corrected chi connectivity index (χ4v) is 4.28. The normalized spacial score (nSPS) is 24.9. The Labute approximate surface area is 123 Å². The van der Waals surface area contributed by atoms with Gasteiger partial charge in [0.2, 0.25) is 0 Å². The van der Waals surface area contributed by atoms with Crippen LogP contribution in [-0.2, 0) is 0 Å². The SMILES string of the molecule is Cc1nc(Cl)cc(N2CCN([C@@H]3CCSC3)CC2)n1. The van der Waals surface area contributed by atoms with E-state index in [4.69, 9.17) is 11.6 Å². The molecule has 19 heavy (non-hydrogen) atoms. The second-order valence-corrected chi connectivity index (χ2v) is 6.67. The second-order valence-electron chi connectivity index (χ2n) is 5.14. The summed E-state index contributed by atoms with van der Waals surface area (Å²) >= 11 is 8.09. The fraction of sp³-hybridized carbons (Fsp3) is 0.692. The molecule has 0 unspecified atom stereocenters. The summed E-state index contributed by atoms with van der Waals surface area (Å²) in [5.41, 5.74) is 0. The zero-order valence-corrected chi connectivity index (χ0v) is 12.8. The van der Waals surface area contributed by atoms with Gasteiger partial charge >= 0.3 is 0 Å². The number of nitrogens with zero attached hydrogens (tertiary/aromatic N) is 4. The van der Waals surface area contributed by atoms with Crippen molar-refractivity contribution in [1.29, 1.82) is 0 Å². The Bertz CT molecular complexity index is 422. The van der Waals surface area contributed by atoms with Crippen LogP contribution in [-0.4, -0.2) is 58.6 Å². The van der Waals surface area contributed by atoms with Crippen molar-refractivity contribution in [3.05, 3.63) is 17.0 Å². The van der Waals surface area contributed by atoms with E-state index in [0.717, 1.165) is 43.9 Å². The van der Waals surface area contributed by atoms with Crippen LogP contribution in [0.3, 0.4) is 0 Å². The van der Waals surface area contributed by atoms with E-state index < -0.39 is 0 Å². The molecule has 2 saturated heterocycles. The summed E-state index contributed by atoms with van der Waals surface area (Å²) in [6, 6.07) is 2.66. The Balaban J connectivity index is 1.63. The molecule has 0 bridgehead atoms. The van der Waals surface area contributed by atoms with Crippen LogP contribution in [0.2, 0.25) is 5.15 Å². The van der Waals surface area contributed by atoms with Crippen LogP contribution in [0.1, 0.15) is 12.2 Å². The molecule has 4 nitrogen and oxygen atoms in total. The maximum atomic E-state index is 6.01. The van der Waals surface area contributed by atoms with Gasteiger partial charge in [0, 0.05) is 44.0 Å². The molecular formula is C13H19ClN4S. The molecule has 3 heterocycles. The van der Waals surface area contributed by atoms with E-state index >= 15 is 0 Å². The Morgan fingerprint density at radius 3 is 2.68 bits per heavy atom. The molecule has 6 heteroatoms. The molecule has 0 aromatic carbocycles. The van der Waals surface area contributed by atoms with Gasteiger partial charge in [0.05, 0.1) is 0 Å². The summed E-state index contributed by atoms with van der Waals surface area (Å²) < 4.78 is 0. The highest BCUT2D eigenvalue weighted by atomic mass is 35.5. The minimum absolute atomic E-state index is 0.539. The van der Waals surface area contributed by atoms with E-state index in [1.54, 1.807) is 0 Å². The van der Waals surface area contributed by atoms with Crippen molar-refractivity contribution in [2.24, 2.45) is 0 Å². The molecule has 1 aromatic heterocycles. The lowest BCUT2D eigenvalue weighted by Gasteiger charge is -2.38. The van der Waals surface area contributed by atoms with Crippen molar-refractivity contribution in [3.8, 4) is 0 Å². The van der Waals surface area contributed by atoms with E-state index in [0.29, 0.717) is 5.15 Å². The van der Waals surface area contributed by atoms with Gasteiger partial charge < -0.3 is 4.90 Å². The summed E-state index contributed by atoms with van der Waals surface area (Å²) in [5, 5.41) is 0.539. The Kier molecular flexibility index (Phi) is 4.15. The first-order chi connectivity index (χ1) is 9.22. The third-order valence-corrected chi connectivity index (χ3v) is 5.19. The van der Waals surface area contributed by atoms with Gasteiger partial charge in [0.25, 0.3) is 0 Å². The van der Waals surface area contributed by atoms with Gasteiger partial charge in [-0.3, -0.25) is 4.90 Å². The van der Waals surface area contributed by atoms with Gasteiger partial charge in [-0.1, -0.05) is 11.6 Å². The Morgan fingerprint density at radius 2 is 2.05 bits per heavy atom. The number of thioether (sulfide) groups is 1. The Morgan fingerprint density at radius 1 is 1.26 bits per heavy atom. The molecule has 3 rings (SSSR count). The minimum Gasteiger partial charge on any atom is -0.354 e. The fourth-order valence-electron chi connectivity index (χ4n) is 2.80. The molecule has 0 saturated carbocycles. The Hall–Kier alpha value is -0.520. The number of hydrogen-bond donors (Lipinski definition) is 0. The van der Waals surface area contributed by atoms with Crippen molar-refractivity contribution < 1.29 is 0 Å². The van der Waals surface area contributed by atoms with Gasteiger partial charge in [-0.05, 0) is 19.1 Å². The smallest absolute Gasteiger partial charge is 0.134 e. The number of piperazine rings is 1. The first-order valence-electron chi connectivity index (χ1n) is 6.80. The summed E-state index contributed by atoms with van der Waals surface area (Å²) in [6.45, 7) is 6.22. The third-order valence-electron chi connectivity index (χ3n) is 3.85. The van der Waals surface area contributed by atoms with Crippen molar-refractivity contribution in [1.82, 2.24) is 14.9 Å². The van der Waals surface area contributed by atoms with Gasteiger partial charge in [-0.2, -0.15) is 11.8 Å². The average molecular weight is 299 g/mol. The van der Waals surface area contributed by atoms with Gasteiger partial charge in [-0.15, -0.1) is 0 Å². The zero-order valence-electron chi connectivity index (χ0n) is 11.2. The molecule has 2 aliphatic heterocycles. The summed E-state index contributed by atoms with van der Waals surface area (Å²) in [4.78, 5) is 13.6. The van der Waals surface area contributed by atoms with Crippen LogP contribution in [0.5, 0.6) is 0 Å². The number of hydrogen-bond acceptors (Lipinski definition) is 5. The lowest BCUT2D eigenvalue weighted by atomic mass is 10.2. The first kappa shape index (κ1) is 13.5. The molecular weight excluding hydrogens is 280 g/mol. The molecule has 104 valence electrons. The zero-order chi connectivity index (χ0) is 13.2. The molecule has 0 spiro atoms. The molecule has 1 aromatic rings. The molecule has 1 atom stereocenters. The number of aryl methyl sites for hydroxylation is 1. The van der Waals surface area contributed by atoms with E-state index in [9.17, 15) is 0 Å². The van der Waals surface area contributed by atoms with E-state index in [2.05, 4.69) is 31.5 Å². The lowest BCUT2D eigenvalue weighted by molar-refractivity contribution is 0.200. The molecule has 0 amide bonds. The van der Waals surface area contributed by atoms with Gasteiger partial charge in [-0.25, -0.2) is 9.97 Å². The monoisotopic (exact) mass is 298 g/mol. The third kappa shape index (κ3) is 3.15. The van der Waals surface area contributed by atoms with Crippen molar-refractivity contribution in [2.45, 2.75) is 19.4 Å². The molecule has 2 fully saturated rings. The molecule has 0 aliphatic carbocycles. The first-order valence-corrected chi connectivity index (χ1v) is 8.33. The van der Waals surface area contributed by atoms with Crippen molar-refractivity contribution in [2.75, 3.05) is 42.6 Å². The van der Waals surface area contributed by atoms with Crippen LogP contribution < -0.4 is 4.90 Å². The van der Waals surface area contributed by atoms with Crippen molar-refractivity contribution in [3.63, 3.8) is 0 Å².